The highest BCUT2D eigenvalue weighted by Gasteiger charge is 2.19. The van der Waals surface area contributed by atoms with Crippen LogP contribution in [0.2, 0.25) is 0 Å². The van der Waals surface area contributed by atoms with E-state index < -0.39 is 6.10 Å². The lowest BCUT2D eigenvalue weighted by molar-refractivity contribution is -0.167. The van der Waals surface area contributed by atoms with Gasteiger partial charge in [0, 0.05) is 19.3 Å². The van der Waals surface area contributed by atoms with Crippen molar-refractivity contribution in [1.29, 1.82) is 0 Å². The van der Waals surface area contributed by atoms with Gasteiger partial charge in [-0.3, -0.25) is 14.4 Å². The van der Waals surface area contributed by atoms with Gasteiger partial charge in [-0.15, -0.1) is 0 Å². The van der Waals surface area contributed by atoms with Gasteiger partial charge in [-0.2, -0.15) is 0 Å². The third kappa shape index (κ3) is 60.9. The van der Waals surface area contributed by atoms with Gasteiger partial charge < -0.3 is 14.2 Å². The lowest BCUT2D eigenvalue weighted by atomic mass is 10.0. The van der Waals surface area contributed by atoms with E-state index in [-0.39, 0.29) is 31.1 Å². The Hall–Kier alpha value is -1.85. The standard InChI is InChI=1S/C67H128O6/c1-4-7-10-13-16-19-22-25-28-31-33-35-36-39-42-45-48-51-54-57-60-66(69)72-63-64(62-71-65(68)59-56-53-50-47-44-41-38-30-27-24-21-18-15-12-9-6-3)73-67(70)61-58-55-52-49-46-43-40-37-34-32-29-26-23-20-17-14-11-8-5-2/h26,29,64H,4-25,27-28,30-63H2,1-3H3/b29-26-. The number of esters is 3. The van der Waals surface area contributed by atoms with E-state index >= 15 is 0 Å². The predicted octanol–water partition coefficient (Wildman–Crippen LogP) is 22.4. The Balaban J connectivity index is 4.29. The van der Waals surface area contributed by atoms with Crippen molar-refractivity contribution in [2.75, 3.05) is 13.2 Å². The number of carbonyl (C=O) groups excluding carboxylic acids is 3. The second-order valence-electron chi connectivity index (χ2n) is 22.7. The fourth-order valence-electron chi connectivity index (χ4n) is 10.3. The summed E-state index contributed by atoms with van der Waals surface area (Å²) in [4.78, 5) is 38.4. The predicted molar refractivity (Wildman–Crippen MR) is 317 cm³/mol. The molecular weight excluding hydrogens is 901 g/mol. The largest absolute Gasteiger partial charge is 0.462 e. The van der Waals surface area contributed by atoms with E-state index in [1.54, 1.807) is 0 Å². The van der Waals surface area contributed by atoms with Crippen LogP contribution < -0.4 is 0 Å². The number of allylic oxidation sites excluding steroid dienone is 2. The quantitative estimate of drug-likeness (QED) is 0.0261. The minimum Gasteiger partial charge on any atom is -0.462 e. The molecule has 0 aliphatic carbocycles. The van der Waals surface area contributed by atoms with Crippen LogP contribution in [0.3, 0.4) is 0 Å². The summed E-state index contributed by atoms with van der Waals surface area (Å²) in [5.41, 5.74) is 0. The van der Waals surface area contributed by atoms with Crippen molar-refractivity contribution in [3.8, 4) is 0 Å². The van der Waals surface area contributed by atoms with Crippen LogP contribution in [0.5, 0.6) is 0 Å². The Bertz CT molecular complexity index is 1130. The molecule has 0 saturated heterocycles. The molecule has 0 radical (unpaired) electrons. The summed E-state index contributed by atoms with van der Waals surface area (Å²) in [5, 5.41) is 0. The van der Waals surface area contributed by atoms with E-state index in [1.165, 1.54) is 283 Å². The minimum absolute atomic E-state index is 0.0639. The van der Waals surface area contributed by atoms with Crippen LogP contribution in [0.1, 0.15) is 380 Å². The summed E-state index contributed by atoms with van der Waals surface area (Å²) in [6.45, 7) is 6.72. The van der Waals surface area contributed by atoms with E-state index in [4.69, 9.17) is 14.2 Å². The van der Waals surface area contributed by atoms with Gasteiger partial charge in [0.05, 0.1) is 0 Å². The first kappa shape index (κ1) is 71.2. The topological polar surface area (TPSA) is 78.9 Å². The van der Waals surface area contributed by atoms with Gasteiger partial charge in [0.2, 0.25) is 0 Å². The van der Waals surface area contributed by atoms with E-state index in [0.717, 1.165) is 57.8 Å². The fourth-order valence-corrected chi connectivity index (χ4v) is 10.3. The number of rotatable bonds is 62. The van der Waals surface area contributed by atoms with Crippen LogP contribution in [0.25, 0.3) is 0 Å². The molecular formula is C67H128O6. The van der Waals surface area contributed by atoms with E-state index in [2.05, 4.69) is 32.9 Å². The second kappa shape index (κ2) is 62.7. The molecule has 0 spiro atoms. The zero-order valence-corrected chi connectivity index (χ0v) is 49.7. The van der Waals surface area contributed by atoms with Crippen LogP contribution in [0, 0.1) is 0 Å². The molecule has 0 aromatic heterocycles. The zero-order chi connectivity index (χ0) is 52.9. The molecule has 0 saturated carbocycles. The molecule has 73 heavy (non-hydrogen) atoms. The number of hydrogen-bond donors (Lipinski definition) is 0. The Morgan fingerprint density at radius 3 is 0.685 bits per heavy atom. The lowest BCUT2D eigenvalue weighted by Crippen LogP contribution is -2.30. The van der Waals surface area contributed by atoms with Crippen molar-refractivity contribution in [3.63, 3.8) is 0 Å². The van der Waals surface area contributed by atoms with Gasteiger partial charge in [-0.05, 0) is 44.9 Å². The molecule has 0 heterocycles. The average Bonchev–Trinajstić information content (AvgIpc) is 3.39. The second-order valence-corrected chi connectivity index (χ2v) is 22.7. The van der Waals surface area contributed by atoms with Gasteiger partial charge in [0.25, 0.3) is 0 Å². The van der Waals surface area contributed by atoms with Crippen LogP contribution in [-0.2, 0) is 28.6 Å². The third-order valence-corrected chi connectivity index (χ3v) is 15.3. The summed E-state index contributed by atoms with van der Waals surface area (Å²) < 4.78 is 17.0. The maximum atomic E-state index is 12.9. The molecule has 0 aliphatic heterocycles. The smallest absolute Gasteiger partial charge is 0.306 e. The molecule has 0 aromatic carbocycles. The Labute approximate surface area is 456 Å². The van der Waals surface area contributed by atoms with Crippen molar-refractivity contribution >= 4 is 17.9 Å². The third-order valence-electron chi connectivity index (χ3n) is 15.3. The summed E-state index contributed by atoms with van der Waals surface area (Å²) in [6.07, 6.45) is 73.6. The molecule has 1 atom stereocenters. The van der Waals surface area contributed by atoms with Gasteiger partial charge >= 0.3 is 17.9 Å². The first-order chi connectivity index (χ1) is 36.0. The molecule has 6 nitrogen and oxygen atoms in total. The molecule has 0 aliphatic rings. The highest BCUT2D eigenvalue weighted by Crippen LogP contribution is 2.18. The molecule has 0 fully saturated rings. The van der Waals surface area contributed by atoms with Gasteiger partial charge in [-0.1, -0.05) is 328 Å². The maximum absolute atomic E-state index is 12.9. The summed E-state index contributed by atoms with van der Waals surface area (Å²) in [6, 6.07) is 0. The molecule has 0 N–H and O–H groups in total. The number of unbranched alkanes of at least 4 members (excludes halogenated alkanes) is 49. The SMILES string of the molecule is CCCCCCCC/C=C\CCCCCCCCCCCC(=O)OC(COC(=O)CCCCCCCCCCCCCCCCCC)COC(=O)CCCCCCCCCCCCCCCCCCCCCC. The van der Waals surface area contributed by atoms with Crippen molar-refractivity contribution in [1.82, 2.24) is 0 Å². The fraction of sp³-hybridized carbons (Fsp3) is 0.925. The van der Waals surface area contributed by atoms with Crippen LogP contribution in [0.15, 0.2) is 12.2 Å². The van der Waals surface area contributed by atoms with Crippen molar-refractivity contribution < 1.29 is 28.6 Å². The average molecular weight is 1030 g/mol. The monoisotopic (exact) mass is 1030 g/mol. The minimum atomic E-state index is -0.767. The molecule has 0 amide bonds. The van der Waals surface area contributed by atoms with Gasteiger partial charge in [-0.25, -0.2) is 0 Å². The molecule has 1 unspecified atom stereocenters. The molecule has 0 aromatic rings. The van der Waals surface area contributed by atoms with Crippen molar-refractivity contribution in [2.24, 2.45) is 0 Å². The maximum Gasteiger partial charge on any atom is 0.306 e. The summed E-state index contributed by atoms with van der Waals surface area (Å²) in [5.74, 6) is -0.832. The van der Waals surface area contributed by atoms with Crippen LogP contribution in [-0.4, -0.2) is 37.2 Å². The summed E-state index contributed by atoms with van der Waals surface area (Å²) >= 11 is 0. The van der Waals surface area contributed by atoms with Crippen LogP contribution in [0.4, 0.5) is 0 Å². The van der Waals surface area contributed by atoms with Crippen molar-refractivity contribution in [3.05, 3.63) is 12.2 Å². The number of ether oxygens (including phenoxy) is 3. The molecule has 0 rings (SSSR count). The van der Waals surface area contributed by atoms with Crippen molar-refractivity contribution in [2.45, 2.75) is 386 Å². The van der Waals surface area contributed by atoms with Gasteiger partial charge in [0.1, 0.15) is 13.2 Å². The van der Waals surface area contributed by atoms with E-state index in [0.29, 0.717) is 19.3 Å². The Kier molecular flexibility index (Phi) is 61.1. The van der Waals surface area contributed by atoms with Gasteiger partial charge in [0.15, 0.2) is 6.10 Å². The normalized spacial score (nSPS) is 12.0. The highest BCUT2D eigenvalue weighted by molar-refractivity contribution is 5.71. The summed E-state index contributed by atoms with van der Waals surface area (Å²) in [7, 11) is 0. The first-order valence-corrected chi connectivity index (χ1v) is 33.2. The Morgan fingerprint density at radius 1 is 0.260 bits per heavy atom. The number of hydrogen-bond acceptors (Lipinski definition) is 6. The molecule has 6 heteroatoms. The number of carbonyl (C=O) groups is 3. The molecule has 0 bridgehead atoms. The van der Waals surface area contributed by atoms with E-state index in [9.17, 15) is 14.4 Å². The first-order valence-electron chi connectivity index (χ1n) is 33.2. The Morgan fingerprint density at radius 2 is 0.452 bits per heavy atom. The van der Waals surface area contributed by atoms with E-state index in [1.807, 2.05) is 0 Å². The highest BCUT2D eigenvalue weighted by atomic mass is 16.6. The molecule has 432 valence electrons. The van der Waals surface area contributed by atoms with Crippen LogP contribution >= 0.6 is 0 Å². The lowest BCUT2D eigenvalue weighted by Gasteiger charge is -2.18. The zero-order valence-electron chi connectivity index (χ0n) is 49.7.